The highest BCUT2D eigenvalue weighted by atomic mass is 16.1. The summed E-state index contributed by atoms with van der Waals surface area (Å²) in [6, 6.07) is 9.81. The predicted octanol–water partition coefficient (Wildman–Crippen LogP) is 3.53. The number of fused-ring (bicyclic) bond motifs is 1. The molecule has 0 atom stereocenters. The van der Waals surface area contributed by atoms with Gasteiger partial charge in [0.1, 0.15) is 0 Å². The number of benzene rings is 1. The molecule has 0 aliphatic heterocycles. The molecule has 1 aromatic carbocycles. The summed E-state index contributed by atoms with van der Waals surface area (Å²) in [5, 5.41) is 4.66. The molecule has 1 fully saturated rings. The van der Waals surface area contributed by atoms with Crippen molar-refractivity contribution in [2.24, 2.45) is 12.5 Å². The van der Waals surface area contributed by atoms with Crippen molar-refractivity contribution in [3.8, 4) is 0 Å². The van der Waals surface area contributed by atoms with E-state index in [1.165, 1.54) is 25.7 Å². The molecule has 0 amide bonds. The van der Waals surface area contributed by atoms with Crippen LogP contribution in [0.5, 0.6) is 0 Å². The van der Waals surface area contributed by atoms with E-state index < -0.39 is 0 Å². The summed E-state index contributed by atoms with van der Waals surface area (Å²) in [6.07, 6.45) is 5.15. The quantitative estimate of drug-likeness (QED) is 0.901. The Hall–Kier alpha value is -1.77. The van der Waals surface area contributed by atoms with E-state index in [2.05, 4.69) is 18.3 Å². The van der Waals surface area contributed by atoms with E-state index in [1.54, 1.807) is 10.6 Å². The molecule has 1 heterocycles. The number of pyridine rings is 1. The van der Waals surface area contributed by atoms with E-state index in [0.29, 0.717) is 5.41 Å². The van der Waals surface area contributed by atoms with Crippen molar-refractivity contribution < 1.29 is 0 Å². The molecular weight excluding hydrogens is 248 g/mol. The molecule has 3 nitrogen and oxygen atoms in total. The highest BCUT2D eigenvalue weighted by molar-refractivity contribution is 5.91. The minimum absolute atomic E-state index is 0.0477. The number of rotatable bonds is 5. The van der Waals surface area contributed by atoms with E-state index in [4.69, 9.17) is 0 Å². The fourth-order valence-electron chi connectivity index (χ4n) is 3.06. The molecule has 2 aromatic rings. The highest BCUT2D eigenvalue weighted by Crippen LogP contribution is 2.49. The maximum absolute atomic E-state index is 12.0. The Labute approximate surface area is 119 Å². The largest absolute Gasteiger partial charge is 0.384 e. The van der Waals surface area contributed by atoms with Gasteiger partial charge in [-0.2, -0.15) is 0 Å². The second kappa shape index (κ2) is 4.97. The molecule has 1 saturated carbocycles. The summed E-state index contributed by atoms with van der Waals surface area (Å²) in [6.45, 7) is 3.23. The first-order valence-corrected chi connectivity index (χ1v) is 7.48. The van der Waals surface area contributed by atoms with Crippen molar-refractivity contribution in [2.75, 3.05) is 11.9 Å². The van der Waals surface area contributed by atoms with E-state index in [-0.39, 0.29) is 5.56 Å². The molecule has 1 aliphatic rings. The number of para-hydroxylation sites is 1. The lowest BCUT2D eigenvalue weighted by Crippen LogP contribution is -2.20. The number of nitrogens with one attached hydrogen (secondary N) is 1. The zero-order valence-electron chi connectivity index (χ0n) is 12.3. The van der Waals surface area contributed by atoms with Gasteiger partial charge in [0.2, 0.25) is 0 Å². The smallest absolute Gasteiger partial charge is 0.252 e. The van der Waals surface area contributed by atoms with Crippen molar-refractivity contribution in [2.45, 2.75) is 32.6 Å². The SMILES string of the molecule is CCCC1(CNc2cc(=O)n(C)c3ccccc23)CC1. The molecule has 0 spiro atoms. The summed E-state index contributed by atoms with van der Waals surface area (Å²) < 4.78 is 1.71. The van der Waals surface area contributed by atoms with Crippen LogP contribution in [0.3, 0.4) is 0 Å². The second-order valence-electron chi connectivity index (χ2n) is 6.08. The fraction of sp³-hybridized carbons (Fsp3) is 0.471. The molecule has 1 aromatic heterocycles. The first-order valence-electron chi connectivity index (χ1n) is 7.48. The predicted molar refractivity (Wildman–Crippen MR) is 84.3 cm³/mol. The average Bonchev–Trinajstić information content (AvgIpc) is 3.22. The monoisotopic (exact) mass is 270 g/mol. The molecule has 0 unspecified atom stereocenters. The summed E-state index contributed by atoms with van der Waals surface area (Å²) in [5.41, 5.74) is 2.50. The molecule has 106 valence electrons. The van der Waals surface area contributed by atoms with Crippen LogP contribution in [-0.2, 0) is 7.05 Å². The summed E-state index contributed by atoms with van der Waals surface area (Å²) in [7, 11) is 1.83. The number of nitrogens with zero attached hydrogens (tertiary/aromatic N) is 1. The third-order valence-corrected chi connectivity index (χ3v) is 4.55. The Morgan fingerprint density at radius 1 is 1.30 bits per heavy atom. The zero-order chi connectivity index (χ0) is 14.2. The summed E-state index contributed by atoms with van der Waals surface area (Å²) >= 11 is 0. The Morgan fingerprint density at radius 2 is 2.05 bits per heavy atom. The van der Waals surface area contributed by atoms with Crippen LogP contribution in [0, 0.1) is 5.41 Å². The van der Waals surface area contributed by atoms with Crippen LogP contribution in [0.2, 0.25) is 0 Å². The average molecular weight is 270 g/mol. The van der Waals surface area contributed by atoms with Crippen LogP contribution in [0.15, 0.2) is 35.1 Å². The molecule has 0 radical (unpaired) electrons. The maximum Gasteiger partial charge on any atom is 0.252 e. The third-order valence-electron chi connectivity index (χ3n) is 4.55. The van der Waals surface area contributed by atoms with Crippen molar-refractivity contribution in [1.82, 2.24) is 4.57 Å². The van der Waals surface area contributed by atoms with Gasteiger partial charge in [-0.1, -0.05) is 31.5 Å². The van der Waals surface area contributed by atoms with Crippen LogP contribution >= 0.6 is 0 Å². The van der Waals surface area contributed by atoms with Crippen molar-refractivity contribution in [3.05, 3.63) is 40.7 Å². The van der Waals surface area contributed by atoms with Gasteiger partial charge in [-0.3, -0.25) is 4.79 Å². The van der Waals surface area contributed by atoms with Gasteiger partial charge < -0.3 is 9.88 Å². The molecule has 0 saturated heterocycles. The Bertz CT molecular complexity index is 683. The van der Waals surface area contributed by atoms with Gasteiger partial charge in [-0.05, 0) is 30.7 Å². The molecule has 3 heteroatoms. The fourth-order valence-corrected chi connectivity index (χ4v) is 3.06. The Balaban J connectivity index is 1.92. The minimum atomic E-state index is 0.0477. The lowest BCUT2D eigenvalue weighted by Gasteiger charge is -2.17. The normalized spacial score (nSPS) is 16.3. The number of aryl methyl sites for hydroxylation is 1. The lowest BCUT2D eigenvalue weighted by atomic mass is 10.0. The number of aromatic nitrogens is 1. The molecule has 20 heavy (non-hydrogen) atoms. The van der Waals surface area contributed by atoms with E-state index in [1.807, 2.05) is 25.2 Å². The standard InChI is InChI=1S/C17H22N2O/c1-3-8-17(9-10-17)12-18-14-11-16(20)19(2)15-7-5-4-6-13(14)15/h4-7,11,18H,3,8-10,12H2,1-2H3. The summed E-state index contributed by atoms with van der Waals surface area (Å²) in [4.78, 5) is 12.0. The van der Waals surface area contributed by atoms with Gasteiger partial charge in [-0.15, -0.1) is 0 Å². The topological polar surface area (TPSA) is 34.0 Å². The maximum atomic E-state index is 12.0. The molecule has 1 aliphatic carbocycles. The first kappa shape index (κ1) is 13.2. The van der Waals surface area contributed by atoms with Crippen molar-refractivity contribution >= 4 is 16.6 Å². The van der Waals surface area contributed by atoms with Gasteiger partial charge in [0.15, 0.2) is 0 Å². The Kier molecular flexibility index (Phi) is 3.28. The van der Waals surface area contributed by atoms with Crippen molar-refractivity contribution in [1.29, 1.82) is 0 Å². The lowest BCUT2D eigenvalue weighted by molar-refractivity contribution is 0.486. The van der Waals surface area contributed by atoms with Gasteiger partial charge in [0, 0.05) is 30.7 Å². The first-order chi connectivity index (χ1) is 9.65. The molecular formula is C17H22N2O. The minimum Gasteiger partial charge on any atom is -0.384 e. The molecule has 0 bridgehead atoms. The van der Waals surface area contributed by atoms with Crippen LogP contribution in [-0.4, -0.2) is 11.1 Å². The van der Waals surface area contributed by atoms with Gasteiger partial charge >= 0.3 is 0 Å². The number of hydrogen-bond acceptors (Lipinski definition) is 2. The highest BCUT2D eigenvalue weighted by Gasteiger charge is 2.41. The zero-order valence-corrected chi connectivity index (χ0v) is 12.3. The van der Waals surface area contributed by atoms with Crippen LogP contribution in [0.1, 0.15) is 32.6 Å². The van der Waals surface area contributed by atoms with E-state index >= 15 is 0 Å². The third kappa shape index (κ3) is 2.33. The second-order valence-corrected chi connectivity index (χ2v) is 6.08. The number of anilines is 1. The molecule has 3 rings (SSSR count). The van der Waals surface area contributed by atoms with Crippen LogP contribution < -0.4 is 10.9 Å². The van der Waals surface area contributed by atoms with Crippen molar-refractivity contribution in [3.63, 3.8) is 0 Å². The van der Waals surface area contributed by atoms with Crippen LogP contribution in [0.25, 0.3) is 10.9 Å². The number of hydrogen-bond donors (Lipinski definition) is 1. The van der Waals surface area contributed by atoms with Gasteiger partial charge in [0.25, 0.3) is 5.56 Å². The Morgan fingerprint density at radius 3 is 2.75 bits per heavy atom. The van der Waals surface area contributed by atoms with Gasteiger partial charge in [0.05, 0.1) is 5.52 Å². The van der Waals surface area contributed by atoms with E-state index in [0.717, 1.165) is 23.1 Å². The molecule has 1 N–H and O–H groups in total. The van der Waals surface area contributed by atoms with Crippen LogP contribution in [0.4, 0.5) is 5.69 Å². The van der Waals surface area contributed by atoms with Gasteiger partial charge in [-0.25, -0.2) is 0 Å². The van der Waals surface area contributed by atoms with E-state index in [9.17, 15) is 4.79 Å². The summed E-state index contributed by atoms with van der Waals surface area (Å²) in [5.74, 6) is 0.